The average Bonchev–Trinajstić information content (AvgIpc) is 2.23. The second-order valence-corrected chi connectivity index (χ2v) is 6.14. The SMILES string of the molecule is CC1CCC(C2CCC(O)C(C)C2)CC1. The number of rotatable bonds is 1. The summed E-state index contributed by atoms with van der Waals surface area (Å²) in [7, 11) is 0. The molecule has 3 unspecified atom stereocenters. The number of aliphatic hydroxyl groups is 1. The van der Waals surface area contributed by atoms with E-state index >= 15 is 0 Å². The first kappa shape index (κ1) is 11.4. The lowest BCUT2D eigenvalue weighted by Gasteiger charge is -2.38. The molecule has 1 N–H and O–H groups in total. The minimum absolute atomic E-state index is 0.0104. The summed E-state index contributed by atoms with van der Waals surface area (Å²) in [6.45, 7) is 4.62. The van der Waals surface area contributed by atoms with E-state index in [0.717, 1.165) is 24.2 Å². The predicted octanol–water partition coefficient (Wildman–Crippen LogP) is 3.61. The van der Waals surface area contributed by atoms with Crippen LogP contribution < -0.4 is 0 Å². The summed E-state index contributed by atoms with van der Waals surface area (Å²) < 4.78 is 0. The molecule has 0 amide bonds. The van der Waals surface area contributed by atoms with Gasteiger partial charge in [-0.1, -0.05) is 26.7 Å². The number of hydrogen-bond acceptors (Lipinski definition) is 1. The van der Waals surface area contributed by atoms with Crippen molar-refractivity contribution in [3.63, 3.8) is 0 Å². The third-order valence-electron chi connectivity index (χ3n) is 4.89. The summed E-state index contributed by atoms with van der Waals surface area (Å²) in [6, 6.07) is 0. The van der Waals surface area contributed by atoms with E-state index in [-0.39, 0.29) is 6.10 Å². The molecule has 0 aliphatic heterocycles. The lowest BCUT2D eigenvalue weighted by atomic mass is 9.68. The molecule has 0 spiro atoms. The molecule has 1 nitrogen and oxygen atoms in total. The number of hydrogen-bond donors (Lipinski definition) is 1. The first-order valence-electron chi connectivity index (χ1n) is 6.85. The van der Waals surface area contributed by atoms with Gasteiger partial charge in [0.25, 0.3) is 0 Å². The second kappa shape index (κ2) is 4.86. The van der Waals surface area contributed by atoms with Gasteiger partial charge in [0, 0.05) is 0 Å². The molecule has 2 aliphatic carbocycles. The van der Waals surface area contributed by atoms with Crippen LogP contribution in [0.4, 0.5) is 0 Å². The van der Waals surface area contributed by atoms with E-state index in [1.807, 2.05) is 0 Å². The summed E-state index contributed by atoms with van der Waals surface area (Å²) in [5, 5.41) is 9.74. The van der Waals surface area contributed by atoms with Crippen molar-refractivity contribution in [2.45, 2.75) is 64.9 Å². The van der Waals surface area contributed by atoms with Crippen LogP contribution in [0.5, 0.6) is 0 Å². The molecule has 3 atom stereocenters. The summed E-state index contributed by atoms with van der Waals surface area (Å²) in [5.74, 6) is 3.42. The molecule has 15 heavy (non-hydrogen) atoms. The van der Waals surface area contributed by atoms with Crippen molar-refractivity contribution in [2.75, 3.05) is 0 Å². The zero-order valence-corrected chi connectivity index (χ0v) is 10.3. The highest BCUT2D eigenvalue weighted by molar-refractivity contribution is 4.83. The van der Waals surface area contributed by atoms with Crippen LogP contribution in [-0.2, 0) is 0 Å². The Bertz CT molecular complexity index is 194. The normalized spacial score (nSPS) is 47.8. The monoisotopic (exact) mass is 210 g/mol. The Hall–Kier alpha value is -0.0400. The van der Waals surface area contributed by atoms with Gasteiger partial charge < -0.3 is 5.11 Å². The highest BCUT2D eigenvalue weighted by Gasteiger charge is 2.32. The molecule has 0 heterocycles. The molecular formula is C14H26O. The van der Waals surface area contributed by atoms with E-state index in [0.29, 0.717) is 5.92 Å². The molecule has 1 heteroatoms. The van der Waals surface area contributed by atoms with Crippen molar-refractivity contribution in [1.82, 2.24) is 0 Å². The maximum absolute atomic E-state index is 9.74. The molecule has 0 bridgehead atoms. The summed E-state index contributed by atoms with van der Waals surface area (Å²) in [4.78, 5) is 0. The van der Waals surface area contributed by atoms with Crippen LogP contribution in [0, 0.1) is 23.7 Å². The summed E-state index contributed by atoms with van der Waals surface area (Å²) in [5.41, 5.74) is 0. The van der Waals surface area contributed by atoms with E-state index in [1.54, 1.807) is 0 Å². The Labute approximate surface area is 94.3 Å². The van der Waals surface area contributed by atoms with Gasteiger partial charge in [-0.05, 0) is 55.8 Å². The van der Waals surface area contributed by atoms with Crippen molar-refractivity contribution in [2.24, 2.45) is 23.7 Å². The van der Waals surface area contributed by atoms with Crippen LogP contribution in [0.1, 0.15) is 58.8 Å². The maximum atomic E-state index is 9.74. The molecule has 2 saturated carbocycles. The number of aliphatic hydroxyl groups excluding tert-OH is 1. The fourth-order valence-corrected chi connectivity index (χ4v) is 3.61. The smallest absolute Gasteiger partial charge is 0.0566 e. The fourth-order valence-electron chi connectivity index (χ4n) is 3.61. The Morgan fingerprint density at radius 2 is 1.40 bits per heavy atom. The van der Waals surface area contributed by atoms with Crippen LogP contribution in [0.3, 0.4) is 0 Å². The summed E-state index contributed by atoms with van der Waals surface area (Å²) >= 11 is 0. The van der Waals surface area contributed by atoms with E-state index in [4.69, 9.17) is 0 Å². The largest absolute Gasteiger partial charge is 0.393 e. The average molecular weight is 210 g/mol. The van der Waals surface area contributed by atoms with Gasteiger partial charge in [0.05, 0.1) is 6.10 Å². The summed E-state index contributed by atoms with van der Waals surface area (Å²) in [6.07, 6.45) is 9.39. The highest BCUT2D eigenvalue weighted by Crippen LogP contribution is 2.41. The molecule has 0 aromatic rings. The van der Waals surface area contributed by atoms with Crippen molar-refractivity contribution in [3.8, 4) is 0 Å². The lowest BCUT2D eigenvalue weighted by molar-refractivity contribution is 0.0335. The van der Waals surface area contributed by atoms with Gasteiger partial charge in [0.15, 0.2) is 0 Å². The van der Waals surface area contributed by atoms with Crippen LogP contribution in [0.25, 0.3) is 0 Å². The minimum Gasteiger partial charge on any atom is -0.393 e. The quantitative estimate of drug-likeness (QED) is 0.701. The third-order valence-corrected chi connectivity index (χ3v) is 4.89. The lowest BCUT2D eigenvalue weighted by Crippen LogP contribution is -2.32. The van der Waals surface area contributed by atoms with E-state index in [9.17, 15) is 5.11 Å². The Balaban J connectivity index is 1.84. The van der Waals surface area contributed by atoms with Crippen molar-refractivity contribution >= 4 is 0 Å². The van der Waals surface area contributed by atoms with Crippen LogP contribution in [0.15, 0.2) is 0 Å². The Morgan fingerprint density at radius 3 is 2.00 bits per heavy atom. The van der Waals surface area contributed by atoms with Crippen molar-refractivity contribution in [1.29, 1.82) is 0 Å². The topological polar surface area (TPSA) is 20.2 Å². The zero-order valence-electron chi connectivity index (χ0n) is 10.3. The van der Waals surface area contributed by atoms with Gasteiger partial charge in [0.2, 0.25) is 0 Å². The second-order valence-electron chi connectivity index (χ2n) is 6.14. The van der Waals surface area contributed by atoms with Gasteiger partial charge >= 0.3 is 0 Å². The van der Waals surface area contributed by atoms with Crippen molar-refractivity contribution in [3.05, 3.63) is 0 Å². The van der Waals surface area contributed by atoms with Gasteiger partial charge in [-0.2, -0.15) is 0 Å². The van der Waals surface area contributed by atoms with E-state index < -0.39 is 0 Å². The molecule has 2 aliphatic rings. The minimum atomic E-state index is -0.0104. The molecule has 2 rings (SSSR count). The van der Waals surface area contributed by atoms with Gasteiger partial charge in [0.1, 0.15) is 0 Å². The standard InChI is InChI=1S/C14H26O/c1-10-3-5-12(6-4-10)13-7-8-14(15)11(2)9-13/h10-15H,3-9H2,1-2H3. The zero-order chi connectivity index (χ0) is 10.8. The van der Waals surface area contributed by atoms with Crippen molar-refractivity contribution < 1.29 is 5.11 Å². The van der Waals surface area contributed by atoms with Gasteiger partial charge in [-0.25, -0.2) is 0 Å². The predicted molar refractivity (Wildman–Crippen MR) is 63.6 cm³/mol. The third kappa shape index (κ3) is 2.75. The fraction of sp³-hybridized carbons (Fsp3) is 1.00. The van der Waals surface area contributed by atoms with E-state index in [2.05, 4.69) is 13.8 Å². The Kier molecular flexibility index (Phi) is 3.71. The Morgan fingerprint density at radius 1 is 0.800 bits per heavy atom. The molecule has 0 aromatic heterocycles. The molecule has 88 valence electrons. The first-order chi connectivity index (χ1) is 7.16. The highest BCUT2D eigenvalue weighted by atomic mass is 16.3. The van der Waals surface area contributed by atoms with Crippen LogP contribution in [-0.4, -0.2) is 11.2 Å². The molecular weight excluding hydrogens is 184 g/mol. The molecule has 0 aromatic carbocycles. The van der Waals surface area contributed by atoms with Crippen LogP contribution in [0.2, 0.25) is 0 Å². The van der Waals surface area contributed by atoms with Gasteiger partial charge in [-0.3, -0.25) is 0 Å². The van der Waals surface area contributed by atoms with Gasteiger partial charge in [-0.15, -0.1) is 0 Å². The van der Waals surface area contributed by atoms with Crippen LogP contribution >= 0.6 is 0 Å². The van der Waals surface area contributed by atoms with E-state index in [1.165, 1.54) is 38.5 Å². The molecule has 2 fully saturated rings. The molecule has 0 radical (unpaired) electrons. The molecule has 0 saturated heterocycles. The maximum Gasteiger partial charge on any atom is 0.0566 e. The first-order valence-corrected chi connectivity index (χ1v) is 6.85.